The maximum atomic E-state index is 13.0. The lowest BCUT2D eigenvalue weighted by Crippen LogP contribution is -2.47. The summed E-state index contributed by atoms with van der Waals surface area (Å²) >= 11 is 0. The molecule has 0 saturated heterocycles. The van der Waals surface area contributed by atoms with Crippen molar-refractivity contribution in [3.8, 4) is 0 Å². The van der Waals surface area contributed by atoms with Crippen LogP contribution in [0.25, 0.3) is 0 Å². The van der Waals surface area contributed by atoms with E-state index in [1.165, 1.54) is 17.0 Å². The average molecular weight is 306 g/mol. The van der Waals surface area contributed by atoms with Crippen LogP contribution < -0.4 is 5.32 Å². The number of rotatable bonds is 8. The fourth-order valence-corrected chi connectivity index (χ4v) is 2.05. The maximum Gasteiger partial charge on any atom is 0.242 e. The van der Waals surface area contributed by atoms with E-state index in [4.69, 9.17) is 0 Å². The standard InChI is InChI=1S/C17H23FN2O2/c1-4-6-16(21)20(13(3)17(22)19-11-5-2)12-14-7-9-15(18)10-8-14/h5,7-10,13H,2,4,6,11-12H2,1,3H3,(H,19,22)/t13-/m0/s1. The van der Waals surface area contributed by atoms with Gasteiger partial charge in [-0.1, -0.05) is 25.1 Å². The molecule has 22 heavy (non-hydrogen) atoms. The average Bonchev–Trinajstić information content (AvgIpc) is 2.51. The highest BCUT2D eigenvalue weighted by Gasteiger charge is 2.25. The third-order valence-electron chi connectivity index (χ3n) is 3.32. The van der Waals surface area contributed by atoms with Crippen molar-refractivity contribution in [3.63, 3.8) is 0 Å². The van der Waals surface area contributed by atoms with Crippen LogP contribution in [0.15, 0.2) is 36.9 Å². The van der Waals surface area contributed by atoms with E-state index in [0.29, 0.717) is 19.4 Å². The number of hydrogen-bond donors (Lipinski definition) is 1. The Kier molecular flexibility index (Phi) is 7.29. The summed E-state index contributed by atoms with van der Waals surface area (Å²) in [5.74, 6) is -0.647. The van der Waals surface area contributed by atoms with Gasteiger partial charge in [0.15, 0.2) is 0 Å². The van der Waals surface area contributed by atoms with Crippen LogP contribution in [-0.2, 0) is 16.1 Å². The van der Waals surface area contributed by atoms with Crippen LogP contribution in [0.4, 0.5) is 4.39 Å². The van der Waals surface area contributed by atoms with Gasteiger partial charge in [0.25, 0.3) is 0 Å². The Labute approximate surface area is 131 Å². The molecule has 1 aromatic carbocycles. The van der Waals surface area contributed by atoms with Gasteiger partial charge in [0, 0.05) is 19.5 Å². The first kappa shape index (κ1) is 17.9. The predicted molar refractivity (Wildman–Crippen MR) is 84.5 cm³/mol. The summed E-state index contributed by atoms with van der Waals surface area (Å²) in [6.45, 7) is 7.79. The molecule has 0 aliphatic heterocycles. The van der Waals surface area contributed by atoms with Gasteiger partial charge in [0.05, 0.1) is 0 Å². The second-order valence-corrected chi connectivity index (χ2v) is 5.11. The van der Waals surface area contributed by atoms with E-state index in [9.17, 15) is 14.0 Å². The first-order valence-corrected chi connectivity index (χ1v) is 7.42. The summed E-state index contributed by atoms with van der Waals surface area (Å²) in [6.07, 6.45) is 2.67. The zero-order chi connectivity index (χ0) is 16.5. The molecule has 1 aromatic rings. The highest BCUT2D eigenvalue weighted by atomic mass is 19.1. The minimum Gasteiger partial charge on any atom is -0.351 e. The normalized spacial score (nSPS) is 11.6. The lowest BCUT2D eigenvalue weighted by atomic mass is 10.1. The number of amides is 2. The molecule has 0 aliphatic rings. The topological polar surface area (TPSA) is 49.4 Å². The molecule has 5 heteroatoms. The zero-order valence-electron chi connectivity index (χ0n) is 13.1. The number of benzene rings is 1. The fourth-order valence-electron chi connectivity index (χ4n) is 2.05. The van der Waals surface area contributed by atoms with E-state index < -0.39 is 6.04 Å². The molecule has 0 aliphatic carbocycles. The largest absolute Gasteiger partial charge is 0.351 e. The fraction of sp³-hybridized carbons (Fsp3) is 0.412. The van der Waals surface area contributed by atoms with Crippen LogP contribution in [0.3, 0.4) is 0 Å². The van der Waals surface area contributed by atoms with E-state index in [1.54, 1.807) is 25.1 Å². The monoisotopic (exact) mass is 306 g/mol. The van der Waals surface area contributed by atoms with Crippen LogP contribution in [0.5, 0.6) is 0 Å². The molecule has 0 unspecified atom stereocenters. The summed E-state index contributed by atoms with van der Waals surface area (Å²) in [5, 5.41) is 2.69. The highest BCUT2D eigenvalue weighted by Crippen LogP contribution is 2.12. The summed E-state index contributed by atoms with van der Waals surface area (Å²) in [5.41, 5.74) is 0.786. The molecule has 1 N–H and O–H groups in total. The Bertz CT molecular complexity index is 514. The minimum absolute atomic E-state index is 0.0897. The van der Waals surface area contributed by atoms with Crippen LogP contribution >= 0.6 is 0 Å². The Hall–Kier alpha value is -2.17. The first-order valence-electron chi connectivity index (χ1n) is 7.42. The quantitative estimate of drug-likeness (QED) is 0.751. The van der Waals surface area contributed by atoms with Crippen molar-refractivity contribution in [1.82, 2.24) is 10.2 Å². The molecule has 0 radical (unpaired) electrons. The highest BCUT2D eigenvalue weighted by molar-refractivity contribution is 5.87. The third-order valence-corrected chi connectivity index (χ3v) is 3.32. The van der Waals surface area contributed by atoms with Crippen molar-refractivity contribution in [3.05, 3.63) is 48.3 Å². The van der Waals surface area contributed by atoms with Crippen molar-refractivity contribution in [2.24, 2.45) is 0 Å². The van der Waals surface area contributed by atoms with Crippen LogP contribution in [0.1, 0.15) is 32.3 Å². The van der Waals surface area contributed by atoms with Gasteiger partial charge in [0.1, 0.15) is 11.9 Å². The first-order chi connectivity index (χ1) is 10.5. The Morgan fingerprint density at radius 1 is 1.36 bits per heavy atom. The Morgan fingerprint density at radius 2 is 2.00 bits per heavy atom. The SMILES string of the molecule is C=CCNC(=O)[C@H](C)N(Cc1ccc(F)cc1)C(=O)CCC. The molecule has 1 atom stereocenters. The lowest BCUT2D eigenvalue weighted by molar-refractivity contribution is -0.140. The van der Waals surface area contributed by atoms with E-state index in [0.717, 1.165) is 5.56 Å². The van der Waals surface area contributed by atoms with Crippen molar-refractivity contribution in [2.45, 2.75) is 39.3 Å². The number of halogens is 1. The molecule has 0 saturated carbocycles. The number of carbonyl (C=O) groups is 2. The smallest absolute Gasteiger partial charge is 0.242 e. The molecule has 4 nitrogen and oxygen atoms in total. The van der Waals surface area contributed by atoms with Crippen molar-refractivity contribution >= 4 is 11.8 Å². The minimum atomic E-state index is -0.593. The second kappa shape index (κ2) is 8.97. The summed E-state index contributed by atoms with van der Waals surface area (Å²) in [4.78, 5) is 25.9. The van der Waals surface area contributed by atoms with Crippen LogP contribution in [0, 0.1) is 5.82 Å². The van der Waals surface area contributed by atoms with Gasteiger partial charge in [-0.2, -0.15) is 0 Å². The molecular weight excluding hydrogens is 283 g/mol. The molecule has 1 rings (SSSR count). The summed E-state index contributed by atoms with van der Waals surface area (Å²) < 4.78 is 13.0. The molecule has 2 amide bonds. The molecule has 0 heterocycles. The van der Waals surface area contributed by atoms with E-state index in [2.05, 4.69) is 11.9 Å². The zero-order valence-corrected chi connectivity index (χ0v) is 13.1. The van der Waals surface area contributed by atoms with E-state index in [1.807, 2.05) is 6.92 Å². The number of carbonyl (C=O) groups excluding carboxylic acids is 2. The van der Waals surface area contributed by atoms with Gasteiger partial charge in [-0.05, 0) is 31.0 Å². The number of hydrogen-bond acceptors (Lipinski definition) is 2. The van der Waals surface area contributed by atoms with Crippen molar-refractivity contribution in [2.75, 3.05) is 6.54 Å². The van der Waals surface area contributed by atoms with Crippen LogP contribution in [-0.4, -0.2) is 29.3 Å². The molecular formula is C17H23FN2O2. The van der Waals surface area contributed by atoms with Gasteiger partial charge >= 0.3 is 0 Å². The van der Waals surface area contributed by atoms with Gasteiger partial charge < -0.3 is 10.2 Å². The number of nitrogens with one attached hydrogen (secondary N) is 1. The second-order valence-electron chi connectivity index (χ2n) is 5.11. The van der Waals surface area contributed by atoms with Gasteiger partial charge in [0.2, 0.25) is 11.8 Å². The van der Waals surface area contributed by atoms with Gasteiger partial charge in [-0.15, -0.1) is 6.58 Å². The van der Waals surface area contributed by atoms with Crippen molar-refractivity contribution in [1.29, 1.82) is 0 Å². The molecule has 0 spiro atoms. The molecule has 0 fully saturated rings. The third kappa shape index (κ3) is 5.31. The Balaban J connectivity index is 2.87. The summed E-state index contributed by atoms with van der Waals surface area (Å²) in [7, 11) is 0. The van der Waals surface area contributed by atoms with Gasteiger partial charge in [-0.3, -0.25) is 9.59 Å². The molecule has 0 bridgehead atoms. The van der Waals surface area contributed by atoms with E-state index in [-0.39, 0.29) is 24.2 Å². The van der Waals surface area contributed by atoms with Crippen molar-refractivity contribution < 1.29 is 14.0 Å². The van der Waals surface area contributed by atoms with Gasteiger partial charge in [-0.25, -0.2) is 4.39 Å². The lowest BCUT2D eigenvalue weighted by Gasteiger charge is -2.28. The summed E-state index contributed by atoms with van der Waals surface area (Å²) in [6, 6.07) is 5.34. The Morgan fingerprint density at radius 3 is 2.55 bits per heavy atom. The predicted octanol–water partition coefficient (Wildman–Crippen LogP) is 2.65. The number of nitrogens with zero attached hydrogens (tertiary/aromatic N) is 1. The van der Waals surface area contributed by atoms with Crippen LogP contribution in [0.2, 0.25) is 0 Å². The molecule has 0 aromatic heterocycles. The van der Waals surface area contributed by atoms with E-state index >= 15 is 0 Å². The molecule has 120 valence electrons. The maximum absolute atomic E-state index is 13.0.